The predicted molar refractivity (Wildman–Crippen MR) is 91.2 cm³/mol. The van der Waals surface area contributed by atoms with Crippen molar-refractivity contribution in [3.8, 4) is 5.75 Å². The molecule has 2 aromatic rings. The van der Waals surface area contributed by atoms with Crippen LogP contribution in [-0.2, 0) is 9.63 Å². The third-order valence-electron chi connectivity index (χ3n) is 2.92. The Kier molecular flexibility index (Phi) is 6.01. The largest absolute Gasteiger partial charge is 0.481 e. The van der Waals surface area contributed by atoms with Crippen LogP contribution >= 0.6 is 27.5 Å². The summed E-state index contributed by atoms with van der Waals surface area (Å²) in [4.78, 5) is 16.5. The quantitative estimate of drug-likeness (QED) is 0.348. The van der Waals surface area contributed by atoms with Gasteiger partial charge in [-0.1, -0.05) is 44.8 Å². The molecule has 0 bridgehead atoms. The third-order valence-corrected chi connectivity index (χ3v) is 3.74. The molecule has 0 radical (unpaired) electrons. The number of nitrogens with two attached hydrogens (primary N) is 1. The first kappa shape index (κ1) is 17.3. The maximum absolute atomic E-state index is 11.7. The van der Waals surface area contributed by atoms with E-state index >= 15 is 0 Å². The molecule has 5 nitrogen and oxygen atoms in total. The topological polar surface area (TPSA) is 75.5 Å². The van der Waals surface area contributed by atoms with E-state index in [1.165, 1.54) is 0 Å². The first-order valence-corrected chi connectivity index (χ1v) is 7.86. The molecule has 7 heteroatoms. The van der Waals surface area contributed by atoms with E-state index in [0.717, 1.165) is 10.0 Å². The first-order valence-electron chi connectivity index (χ1n) is 6.69. The van der Waals surface area contributed by atoms with Crippen LogP contribution in [0.15, 0.2) is 46.9 Å². The number of nitrogen functional groups attached to an aromatic ring is 1. The summed E-state index contributed by atoms with van der Waals surface area (Å²) in [6, 6.07) is 12.4. The summed E-state index contributed by atoms with van der Waals surface area (Å²) in [5.74, 6) is 0.138. The Morgan fingerprint density at radius 2 is 2.04 bits per heavy atom. The van der Waals surface area contributed by atoms with E-state index in [4.69, 9.17) is 26.9 Å². The van der Waals surface area contributed by atoms with Gasteiger partial charge < -0.3 is 4.74 Å². The summed E-state index contributed by atoms with van der Waals surface area (Å²) in [5.41, 5.74) is 7.24. The Labute approximate surface area is 147 Å². The molecule has 23 heavy (non-hydrogen) atoms. The van der Waals surface area contributed by atoms with Crippen LogP contribution in [0.4, 0.5) is 0 Å². The smallest absolute Gasteiger partial charge is 0.394 e. The molecule has 0 aliphatic heterocycles. The van der Waals surface area contributed by atoms with Crippen molar-refractivity contribution in [2.24, 2.45) is 5.73 Å². The molecule has 2 aromatic carbocycles. The zero-order valence-corrected chi connectivity index (χ0v) is 14.6. The second-order valence-corrected chi connectivity index (χ2v) is 5.99. The fourth-order valence-electron chi connectivity index (χ4n) is 1.79. The van der Waals surface area contributed by atoms with Crippen molar-refractivity contribution in [3.05, 3.63) is 63.1 Å². The molecule has 0 heterocycles. The number of nitrogens with one attached hydrogen (secondary N) is 1. The summed E-state index contributed by atoms with van der Waals surface area (Å²) in [6.07, 6.45) is 0. The number of carbonyl (C=O) groups is 1. The minimum absolute atomic E-state index is 0.142. The molecule has 0 amide bonds. The lowest BCUT2D eigenvalue weighted by Crippen LogP contribution is -2.76. The van der Waals surface area contributed by atoms with Gasteiger partial charge in [-0.05, 0) is 42.8 Å². The molecule has 0 saturated carbocycles. The van der Waals surface area contributed by atoms with E-state index in [-0.39, 0.29) is 12.4 Å². The van der Waals surface area contributed by atoms with Crippen LogP contribution < -0.4 is 15.6 Å². The highest BCUT2D eigenvalue weighted by atomic mass is 79.9. The summed E-state index contributed by atoms with van der Waals surface area (Å²) in [5, 5.41) is 2.83. The number of carbonyl (C=O) groups excluding carboxylic acids is 1. The average molecular weight is 399 g/mol. The number of rotatable bonds is 5. The van der Waals surface area contributed by atoms with E-state index in [1.54, 1.807) is 30.3 Å². The van der Waals surface area contributed by atoms with Gasteiger partial charge in [0.1, 0.15) is 5.75 Å². The van der Waals surface area contributed by atoms with Gasteiger partial charge in [0.25, 0.3) is 0 Å². The molecular weight excluding hydrogens is 384 g/mol. The van der Waals surface area contributed by atoms with Gasteiger partial charge in [-0.2, -0.15) is 0 Å². The Balaban J connectivity index is 1.92. The van der Waals surface area contributed by atoms with Gasteiger partial charge in [0.2, 0.25) is 0 Å². The molecule has 0 saturated heterocycles. The summed E-state index contributed by atoms with van der Waals surface area (Å²) in [7, 11) is 0. The minimum atomic E-state index is -0.609. The molecule has 0 aliphatic carbocycles. The van der Waals surface area contributed by atoms with Crippen molar-refractivity contribution < 1.29 is 19.5 Å². The molecule has 0 atom stereocenters. The van der Waals surface area contributed by atoms with E-state index in [1.807, 2.05) is 19.1 Å². The lowest BCUT2D eigenvalue weighted by Gasteiger charge is -2.07. The van der Waals surface area contributed by atoms with Gasteiger partial charge >= 0.3 is 11.8 Å². The highest BCUT2D eigenvalue weighted by molar-refractivity contribution is 9.10. The Bertz CT molecular complexity index is 750. The van der Waals surface area contributed by atoms with Crippen LogP contribution in [-0.4, -0.2) is 18.4 Å². The van der Waals surface area contributed by atoms with Gasteiger partial charge in [0.05, 0.1) is 10.6 Å². The maximum atomic E-state index is 11.7. The SMILES string of the molecule is Cc1cc(Br)ccc1OCC(=O)O[NH+]=C(N)c1ccccc1Cl. The van der Waals surface area contributed by atoms with Crippen molar-refractivity contribution in [2.45, 2.75) is 6.92 Å². The number of benzene rings is 2. The molecule has 120 valence electrons. The molecule has 0 aromatic heterocycles. The number of hydrogen-bond donors (Lipinski definition) is 2. The van der Waals surface area contributed by atoms with E-state index in [0.29, 0.717) is 16.3 Å². The maximum Gasteiger partial charge on any atom is 0.394 e. The van der Waals surface area contributed by atoms with Crippen molar-refractivity contribution in [3.63, 3.8) is 0 Å². The van der Waals surface area contributed by atoms with Gasteiger partial charge in [0.15, 0.2) is 6.61 Å². The average Bonchev–Trinajstić information content (AvgIpc) is 2.52. The zero-order chi connectivity index (χ0) is 16.8. The summed E-state index contributed by atoms with van der Waals surface area (Å²) < 4.78 is 6.34. The van der Waals surface area contributed by atoms with Gasteiger partial charge in [-0.15, -0.1) is 0 Å². The second kappa shape index (κ2) is 7.99. The van der Waals surface area contributed by atoms with Crippen LogP contribution in [0.2, 0.25) is 5.02 Å². The molecule has 0 spiro atoms. The second-order valence-electron chi connectivity index (χ2n) is 4.67. The van der Waals surface area contributed by atoms with Crippen molar-refractivity contribution >= 4 is 39.3 Å². The zero-order valence-electron chi connectivity index (χ0n) is 12.3. The Hall–Kier alpha value is -2.05. The van der Waals surface area contributed by atoms with Crippen LogP contribution in [0.25, 0.3) is 0 Å². The lowest BCUT2D eigenvalue weighted by atomic mass is 10.2. The van der Waals surface area contributed by atoms with Crippen LogP contribution in [0.3, 0.4) is 0 Å². The van der Waals surface area contributed by atoms with Crippen molar-refractivity contribution in [1.82, 2.24) is 0 Å². The number of aryl methyl sites for hydroxylation is 1. The molecule has 2 rings (SSSR count). The Morgan fingerprint density at radius 3 is 2.74 bits per heavy atom. The lowest BCUT2D eigenvalue weighted by molar-refractivity contribution is -0.724. The van der Waals surface area contributed by atoms with E-state index in [9.17, 15) is 4.79 Å². The highest BCUT2D eigenvalue weighted by Crippen LogP contribution is 2.21. The number of hydrogen-bond acceptors (Lipinski definition) is 3. The first-order chi connectivity index (χ1) is 11.0. The number of halogens is 2. The van der Waals surface area contributed by atoms with Crippen LogP contribution in [0.5, 0.6) is 5.75 Å². The van der Waals surface area contributed by atoms with Gasteiger partial charge in [-0.3, -0.25) is 10.6 Å². The van der Waals surface area contributed by atoms with Crippen molar-refractivity contribution in [1.29, 1.82) is 0 Å². The van der Waals surface area contributed by atoms with E-state index < -0.39 is 5.97 Å². The molecular formula is C16H15BrClN2O3+. The molecule has 0 fully saturated rings. The summed E-state index contributed by atoms with van der Waals surface area (Å²) in [6.45, 7) is 1.64. The molecule has 3 N–H and O–H groups in total. The normalized spacial score (nSPS) is 11.2. The number of ether oxygens (including phenoxy) is 1. The molecule has 0 aliphatic rings. The third kappa shape index (κ3) is 4.97. The van der Waals surface area contributed by atoms with Gasteiger partial charge in [-0.25, -0.2) is 4.79 Å². The fourth-order valence-corrected chi connectivity index (χ4v) is 2.50. The molecule has 0 unspecified atom stereocenters. The number of amidine groups is 1. The highest BCUT2D eigenvalue weighted by Gasteiger charge is 2.12. The predicted octanol–water partition coefficient (Wildman–Crippen LogP) is 1.73. The van der Waals surface area contributed by atoms with E-state index in [2.05, 4.69) is 21.1 Å². The standard InChI is InChI=1S/C16H14BrClN2O3/c1-10-8-11(17)6-7-14(10)22-9-15(21)23-20-16(19)12-4-2-3-5-13(12)18/h2-8H,9H2,1H3,(H2,19,20)/p+1. The monoisotopic (exact) mass is 397 g/mol. The minimum Gasteiger partial charge on any atom is -0.481 e. The fraction of sp³-hybridized carbons (Fsp3) is 0.125. The van der Waals surface area contributed by atoms with Crippen LogP contribution in [0.1, 0.15) is 11.1 Å². The summed E-state index contributed by atoms with van der Waals surface area (Å²) >= 11 is 9.36. The van der Waals surface area contributed by atoms with Crippen molar-refractivity contribution in [2.75, 3.05) is 6.61 Å². The van der Waals surface area contributed by atoms with Crippen LogP contribution in [0, 0.1) is 6.92 Å². The van der Waals surface area contributed by atoms with Gasteiger partial charge in [0, 0.05) is 4.47 Å². The Morgan fingerprint density at radius 1 is 1.30 bits per heavy atom.